The van der Waals surface area contributed by atoms with Crippen LogP contribution in [0.25, 0.3) is 0 Å². The Balaban J connectivity index is 2.26. The van der Waals surface area contributed by atoms with Gasteiger partial charge in [0, 0.05) is 24.9 Å². The highest BCUT2D eigenvalue weighted by Gasteiger charge is 2.23. The van der Waals surface area contributed by atoms with Gasteiger partial charge in [-0.15, -0.1) is 0 Å². The number of hydrogen-bond acceptors (Lipinski definition) is 4. The zero-order chi connectivity index (χ0) is 12.9. The van der Waals surface area contributed by atoms with Gasteiger partial charge in [-0.05, 0) is 32.4 Å². The maximum atomic E-state index is 11.1. The van der Waals surface area contributed by atoms with Crippen molar-refractivity contribution in [2.75, 3.05) is 31.6 Å². The van der Waals surface area contributed by atoms with Crippen LogP contribution in [0.1, 0.15) is 33.1 Å². The molecular formula is C12H26N2O2S. The van der Waals surface area contributed by atoms with Crippen molar-refractivity contribution in [1.29, 1.82) is 0 Å². The molecule has 102 valence electrons. The summed E-state index contributed by atoms with van der Waals surface area (Å²) in [6, 6.07) is 1.12. The zero-order valence-corrected chi connectivity index (χ0v) is 12.1. The van der Waals surface area contributed by atoms with Crippen molar-refractivity contribution in [3.63, 3.8) is 0 Å². The fourth-order valence-electron chi connectivity index (χ4n) is 2.32. The van der Waals surface area contributed by atoms with Gasteiger partial charge < -0.3 is 5.32 Å². The van der Waals surface area contributed by atoms with Gasteiger partial charge in [-0.25, -0.2) is 8.42 Å². The van der Waals surface area contributed by atoms with Crippen molar-refractivity contribution in [3.8, 4) is 0 Å². The second-order valence-electron chi connectivity index (χ2n) is 5.38. The highest BCUT2D eigenvalue weighted by molar-refractivity contribution is 7.90. The van der Waals surface area contributed by atoms with Crippen molar-refractivity contribution in [2.24, 2.45) is 0 Å². The van der Waals surface area contributed by atoms with Gasteiger partial charge in [0.2, 0.25) is 0 Å². The zero-order valence-electron chi connectivity index (χ0n) is 11.3. The first-order valence-electron chi connectivity index (χ1n) is 6.53. The van der Waals surface area contributed by atoms with Gasteiger partial charge in [0.25, 0.3) is 0 Å². The number of rotatable bonds is 7. The second kappa shape index (κ2) is 6.71. The Morgan fingerprint density at radius 3 is 2.71 bits per heavy atom. The highest BCUT2D eigenvalue weighted by Crippen LogP contribution is 2.16. The van der Waals surface area contributed by atoms with Crippen LogP contribution in [0.15, 0.2) is 0 Å². The summed E-state index contributed by atoms with van der Waals surface area (Å²) >= 11 is 0. The van der Waals surface area contributed by atoms with E-state index < -0.39 is 9.84 Å². The van der Waals surface area contributed by atoms with Crippen molar-refractivity contribution in [3.05, 3.63) is 0 Å². The summed E-state index contributed by atoms with van der Waals surface area (Å²) in [6.07, 6.45) is 4.55. The van der Waals surface area contributed by atoms with Crippen LogP contribution in [0.4, 0.5) is 0 Å². The van der Waals surface area contributed by atoms with Crippen LogP contribution in [0.3, 0.4) is 0 Å². The van der Waals surface area contributed by atoms with Crippen LogP contribution in [-0.4, -0.2) is 57.0 Å². The Hall–Kier alpha value is -0.130. The second-order valence-corrected chi connectivity index (χ2v) is 7.64. The number of nitrogens with zero attached hydrogens (tertiary/aromatic N) is 1. The quantitative estimate of drug-likeness (QED) is 0.740. The molecule has 0 saturated carbocycles. The molecule has 1 unspecified atom stereocenters. The molecular weight excluding hydrogens is 236 g/mol. The monoisotopic (exact) mass is 262 g/mol. The molecule has 5 heteroatoms. The van der Waals surface area contributed by atoms with E-state index in [9.17, 15) is 8.42 Å². The molecule has 0 aromatic heterocycles. The molecule has 0 aliphatic carbocycles. The fraction of sp³-hybridized carbons (Fsp3) is 1.00. The summed E-state index contributed by atoms with van der Waals surface area (Å²) in [4.78, 5) is 2.43. The average molecular weight is 262 g/mol. The van der Waals surface area contributed by atoms with Gasteiger partial charge in [0.1, 0.15) is 9.84 Å². The van der Waals surface area contributed by atoms with Crippen LogP contribution in [0, 0.1) is 0 Å². The van der Waals surface area contributed by atoms with Crippen molar-refractivity contribution in [1.82, 2.24) is 10.2 Å². The predicted molar refractivity (Wildman–Crippen MR) is 72.1 cm³/mol. The molecule has 0 radical (unpaired) electrons. The van der Waals surface area contributed by atoms with E-state index in [2.05, 4.69) is 24.1 Å². The molecule has 0 aromatic carbocycles. The van der Waals surface area contributed by atoms with Crippen LogP contribution >= 0.6 is 0 Å². The van der Waals surface area contributed by atoms with Gasteiger partial charge in [0.05, 0.1) is 5.75 Å². The lowest BCUT2D eigenvalue weighted by molar-refractivity contribution is 0.245. The van der Waals surface area contributed by atoms with Gasteiger partial charge in [-0.1, -0.05) is 13.8 Å². The Labute approximate surface area is 106 Å². The SMILES string of the molecule is CC(C)NCC1CCCN1CCCS(C)(=O)=O. The van der Waals surface area contributed by atoms with Gasteiger partial charge in [-0.2, -0.15) is 0 Å². The molecule has 0 aromatic rings. The van der Waals surface area contributed by atoms with Crippen LogP contribution < -0.4 is 5.32 Å². The third-order valence-corrected chi connectivity index (χ3v) is 4.25. The summed E-state index contributed by atoms with van der Waals surface area (Å²) in [7, 11) is -2.80. The first kappa shape index (κ1) is 14.9. The molecule has 1 saturated heterocycles. The van der Waals surface area contributed by atoms with Gasteiger partial charge in [-0.3, -0.25) is 4.90 Å². The van der Waals surface area contributed by atoms with E-state index in [0.29, 0.717) is 17.8 Å². The summed E-state index contributed by atoms with van der Waals surface area (Å²) in [6.45, 7) is 7.37. The molecule has 0 amide bonds. The van der Waals surface area contributed by atoms with E-state index in [0.717, 1.165) is 26.1 Å². The van der Waals surface area contributed by atoms with Crippen LogP contribution in [-0.2, 0) is 9.84 Å². The summed E-state index contributed by atoms with van der Waals surface area (Å²) in [5.41, 5.74) is 0. The van der Waals surface area contributed by atoms with Gasteiger partial charge in [0.15, 0.2) is 0 Å². The first-order valence-corrected chi connectivity index (χ1v) is 8.59. The molecule has 0 spiro atoms. The predicted octanol–water partition coefficient (Wildman–Crippen LogP) is 0.884. The standard InChI is InChI=1S/C12H26N2O2S/c1-11(2)13-10-12-6-4-7-14(12)8-5-9-17(3,15)16/h11-13H,4-10H2,1-3H3. The molecule has 17 heavy (non-hydrogen) atoms. The Morgan fingerprint density at radius 2 is 2.12 bits per heavy atom. The highest BCUT2D eigenvalue weighted by atomic mass is 32.2. The molecule has 1 rings (SSSR count). The van der Waals surface area contributed by atoms with E-state index in [1.807, 2.05) is 0 Å². The summed E-state index contributed by atoms with van der Waals surface area (Å²) in [5, 5.41) is 3.46. The third-order valence-electron chi connectivity index (χ3n) is 3.22. The molecule has 1 N–H and O–H groups in total. The largest absolute Gasteiger partial charge is 0.313 e. The topological polar surface area (TPSA) is 49.4 Å². The van der Waals surface area contributed by atoms with Crippen LogP contribution in [0.2, 0.25) is 0 Å². The lowest BCUT2D eigenvalue weighted by Crippen LogP contribution is -2.40. The maximum Gasteiger partial charge on any atom is 0.147 e. The molecule has 1 heterocycles. The van der Waals surface area contributed by atoms with E-state index in [1.54, 1.807) is 0 Å². The fourth-order valence-corrected chi connectivity index (χ4v) is 2.98. The number of hydrogen-bond donors (Lipinski definition) is 1. The van der Waals surface area contributed by atoms with Gasteiger partial charge >= 0.3 is 0 Å². The van der Waals surface area contributed by atoms with E-state index in [4.69, 9.17) is 0 Å². The number of sulfone groups is 1. The smallest absolute Gasteiger partial charge is 0.147 e. The molecule has 1 aliphatic rings. The number of nitrogens with one attached hydrogen (secondary N) is 1. The average Bonchev–Trinajstić information content (AvgIpc) is 2.60. The minimum atomic E-state index is -2.80. The maximum absolute atomic E-state index is 11.1. The molecule has 1 atom stereocenters. The Kier molecular flexibility index (Phi) is 5.89. The van der Waals surface area contributed by atoms with E-state index in [-0.39, 0.29) is 0 Å². The lowest BCUT2D eigenvalue weighted by Gasteiger charge is -2.25. The minimum Gasteiger partial charge on any atom is -0.313 e. The van der Waals surface area contributed by atoms with Crippen molar-refractivity contribution < 1.29 is 8.42 Å². The summed E-state index contributed by atoms with van der Waals surface area (Å²) in [5.74, 6) is 0.313. The molecule has 4 nitrogen and oxygen atoms in total. The van der Waals surface area contributed by atoms with Crippen molar-refractivity contribution >= 4 is 9.84 Å². The minimum absolute atomic E-state index is 0.313. The van der Waals surface area contributed by atoms with E-state index in [1.165, 1.54) is 19.1 Å². The summed E-state index contributed by atoms with van der Waals surface area (Å²) < 4.78 is 22.1. The molecule has 0 bridgehead atoms. The van der Waals surface area contributed by atoms with Crippen LogP contribution in [0.5, 0.6) is 0 Å². The molecule has 1 fully saturated rings. The molecule has 1 aliphatic heterocycles. The third kappa shape index (κ3) is 6.38. The Bertz CT molecular complexity index is 314. The lowest BCUT2D eigenvalue weighted by atomic mass is 10.2. The normalized spacial score (nSPS) is 22.5. The Morgan fingerprint density at radius 1 is 1.41 bits per heavy atom. The van der Waals surface area contributed by atoms with E-state index >= 15 is 0 Å². The number of likely N-dealkylation sites (tertiary alicyclic amines) is 1. The van der Waals surface area contributed by atoms with Crippen molar-refractivity contribution in [2.45, 2.75) is 45.2 Å². The first-order chi connectivity index (χ1) is 7.88.